The molecule has 0 aliphatic rings. The van der Waals surface area contributed by atoms with E-state index in [1.807, 2.05) is 14.1 Å². The predicted molar refractivity (Wildman–Crippen MR) is 78.7 cm³/mol. The van der Waals surface area contributed by atoms with Crippen molar-refractivity contribution in [3.8, 4) is 0 Å². The minimum absolute atomic E-state index is 0.247. The Morgan fingerprint density at radius 3 is 2.58 bits per heavy atom. The summed E-state index contributed by atoms with van der Waals surface area (Å²) in [5.41, 5.74) is 0.321. The third-order valence-electron chi connectivity index (χ3n) is 3.08. The fourth-order valence-corrected chi connectivity index (χ4v) is 2.41. The molecule has 1 amide bonds. The molecular weight excluding hydrogens is 311 g/mol. The summed E-state index contributed by atoms with van der Waals surface area (Å²) in [4.78, 5) is 14.1. The van der Waals surface area contributed by atoms with Crippen LogP contribution in [0.15, 0.2) is 22.7 Å². The lowest BCUT2D eigenvalue weighted by molar-refractivity contribution is 0.0933. The van der Waals surface area contributed by atoms with Gasteiger partial charge in [-0.25, -0.2) is 4.39 Å². The van der Waals surface area contributed by atoms with Crippen LogP contribution < -0.4 is 5.32 Å². The molecule has 1 rings (SSSR count). The van der Waals surface area contributed by atoms with E-state index in [4.69, 9.17) is 0 Å². The standard InChI is InChI=1S/C14H20BrFN2O/c1-9(2)13(18(3)4)8-17-14(19)11-7-10(16)5-6-12(11)15/h5-7,9,13H,8H2,1-4H3,(H,17,19). The van der Waals surface area contributed by atoms with Gasteiger partial charge in [0.2, 0.25) is 0 Å². The fraction of sp³-hybridized carbons (Fsp3) is 0.500. The highest BCUT2D eigenvalue weighted by Crippen LogP contribution is 2.17. The Kier molecular flexibility index (Phi) is 5.94. The highest BCUT2D eigenvalue weighted by atomic mass is 79.9. The molecule has 0 aliphatic carbocycles. The molecule has 0 radical (unpaired) electrons. The summed E-state index contributed by atoms with van der Waals surface area (Å²) >= 11 is 3.26. The first-order valence-corrected chi connectivity index (χ1v) is 7.02. The monoisotopic (exact) mass is 330 g/mol. The molecule has 0 aromatic heterocycles. The first-order valence-electron chi connectivity index (χ1n) is 6.22. The summed E-state index contributed by atoms with van der Waals surface area (Å²) in [5, 5.41) is 2.85. The Labute approximate surface area is 122 Å². The lowest BCUT2D eigenvalue weighted by Gasteiger charge is -2.28. The van der Waals surface area contributed by atoms with Crippen LogP contribution in [-0.4, -0.2) is 37.5 Å². The number of benzene rings is 1. The summed E-state index contributed by atoms with van der Waals surface area (Å²) in [6.07, 6.45) is 0. The van der Waals surface area contributed by atoms with Crippen LogP contribution in [0.1, 0.15) is 24.2 Å². The second kappa shape index (κ2) is 7.01. The molecule has 1 atom stereocenters. The third-order valence-corrected chi connectivity index (χ3v) is 3.77. The van der Waals surface area contributed by atoms with Crippen molar-refractivity contribution < 1.29 is 9.18 Å². The van der Waals surface area contributed by atoms with Gasteiger partial charge in [-0.1, -0.05) is 13.8 Å². The topological polar surface area (TPSA) is 32.3 Å². The molecule has 5 heteroatoms. The first-order chi connectivity index (χ1) is 8.82. The second-order valence-electron chi connectivity index (χ2n) is 5.11. The van der Waals surface area contributed by atoms with Gasteiger partial charge in [-0.3, -0.25) is 4.79 Å². The SMILES string of the molecule is CC(C)C(CNC(=O)c1cc(F)ccc1Br)N(C)C. The third kappa shape index (κ3) is 4.58. The summed E-state index contributed by atoms with van der Waals surface area (Å²) in [5.74, 6) is -0.258. The Hall–Kier alpha value is -0.940. The van der Waals surface area contributed by atoms with E-state index in [1.165, 1.54) is 18.2 Å². The van der Waals surface area contributed by atoms with Crippen molar-refractivity contribution in [2.45, 2.75) is 19.9 Å². The molecule has 0 spiro atoms. The van der Waals surface area contributed by atoms with E-state index in [1.54, 1.807) is 0 Å². The van der Waals surface area contributed by atoms with Crippen LogP contribution in [-0.2, 0) is 0 Å². The first kappa shape index (κ1) is 16.1. The summed E-state index contributed by atoms with van der Waals surface area (Å²) in [7, 11) is 3.96. The summed E-state index contributed by atoms with van der Waals surface area (Å²) < 4.78 is 13.7. The number of likely N-dealkylation sites (N-methyl/N-ethyl adjacent to an activating group) is 1. The number of amides is 1. The Bertz CT molecular complexity index is 441. The lowest BCUT2D eigenvalue weighted by atomic mass is 10.0. The van der Waals surface area contributed by atoms with Crippen LogP contribution in [0.25, 0.3) is 0 Å². The molecule has 0 saturated heterocycles. The highest BCUT2D eigenvalue weighted by Gasteiger charge is 2.18. The van der Waals surface area contributed by atoms with Gasteiger partial charge in [-0.2, -0.15) is 0 Å². The number of nitrogens with zero attached hydrogens (tertiary/aromatic N) is 1. The van der Waals surface area contributed by atoms with Crippen LogP contribution in [0, 0.1) is 11.7 Å². The minimum atomic E-state index is -0.415. The zero-order valence-corrected chi connectivity index (χ0v) is 13.3. The van der Waals surface area contributed by atoms with E-state index < -0.39 is 5.82 Å². The molecule has 0 aliphatic heterocycles. The Morgan fingerprint density at radius 1 is 1.42 bits per heavy atom. The molecule has 0 heterocycles. The molecule has 0 fully saturated rings. The molecule has 106 valence electrons. The maximum Gasteiger partial charge on any atom is 0.252 e. The van der Waals surface area contributed by atoms with Gasteiger partial charge in [0.05, 0.1) is 5.56 Å². The Morgan fingerprint density at radius 2 is 2.05 bits per heavy atom. The van der Waals surface area contributed by atoms with Crippen molar-refractivity contribution in [3.63, 3.8) is 0 Å². The van der Waals surface area contributed by atoms with Crippen molar-refractivity contribution in [3.05, 3.63) is 34.1 Å². The maximum atomic E-state index is 13.2. The van der Waals surface area contributed by atoms with E-state index in [0.29, 0.717) is 22.5 Å². The number of carbonyl (C=O) groups is 1. The van der Waals surface area contributed by atoms with Gasteiger partial charge < -0.3 is 10.2 Å². The van der Waals surface area contributed by atoms with Crippen LogP contribution in [0.2, 0.25) is 0 Å². The van der Waals surface area contributed by atoms with E-state index >= 15 is 0 Å². The number of nitrogens with one attached hydrogen (secondary N) is 1. The Balaban J connectivity index is 2.72. The zero-order valence-electron chi connectivity index (χ0n) is 11.7. The van der Waals surface area contributed by atoms with Crippen LogP contribution in [0.5, 0.6) is 0 Å². The predicted octanol–water partition coefficient (Wildman–Crippen LogP) is 2.90. The van der Waals surface area contributed by atoms with Crippen molar-refractivity contribution in [2.24, 2.45) is 5.92 Å². The zero-order chi connectivity index (χ0) is 14.6. The van der Waals surface area contributed by atoms with Crippen molar-refractivity contribution in [1.29, 1.82) is 0 Å². The smallest absolute Gasteiger partial charge is 0.252 e. The molecular formula is C14H20BrFN2O. The van der Waals surface area contributed by atoms with Crippen molar-refractivity contribution in [2.75, 3.05) is 20.6 Å². The average molecular weight is 331 g/mol. The summed E-state index contributed by atoms with van der Waals surface area (Å²) in [6, 6.07) is 4.34. The van der Waals surface area contributed by atoms with Gasteiger partial charge in [0.25, 0.3) is 5.91 Å². The molecule has 1 unspecified atom stereocenters. The van der Waals surface area contributed by atoms with Crippen molar-refractivity contribution >= 4 is 21.8 Å². The molecule has 3 nitrogen and oxygen atoms in total. The van der Waals surface area contributed by atoms with Gasteiger partial charge in [0.15, 0.2) is 0 Å². The molecule has 0 saturated carbocycles. The van der Waals surface area contributed by atoms with Gasteiger partial charge in [-0.15, -0.1) is 0 Å². The van der Waals surface area contributed by atoms with Crippen LogP contribution in [0.3, 0.4) is 0 Å². The summed E-state index contributed by atoms with van der Waals surface area (Å²) in [6.45, 7) is 4.75. The molecule has 19 heavy (non-hydrogen) atoms. The molecule has 1 N–H and O–H groups in total. The van der Waals surface area contributed by atoms with Gasteiger partial charge >= 0.3 is 0 Å². The fourth-order valence-electron chi connectivity index (χ4n) is 1.98. The normalized spacial score (nSPS) is 12.8. The van der Waals surface area contributed by atoms with Crippen LogP contribution >= 0.6 is 15.9 Å². The maximum absolute atomic E-state index is 13.2. The van der Waals surface area contributed by atoms with Crippen molar-refractivity contribution in [1.82, 2.24) is 10.2 Å². The van der Waals surface area contributed by atoms with E-state index in [2.05, 4.69) is 40.0 Å². The number of halogens is 2. The van der Waals surface area contributed by atoms with Gasteiger partial charge in [0.1, 0.15) is 5.82 Å². The number of hydrogen-bond acceptors (Lipinski definition) is 2. The molecule has 0 bridgehead atoms. The minimum Gasteiger partial charge on any atom is -0.350 e. The second-order valence-corrected chi connectivity index (χ2v) is 5.96. The lowest BCUT2D eigenvalue weighted by Crippen LogP contribution is -2.43. The van der Waals surface area contributed by atoms with Gasteiger partial charge in [-0.05, 0) is 54.1 Å². The van der Waals surface area contributed by atoms with E-state index in [9.17, 15) is 9.18 Å². The van der Waals surface area contributed by atoms with E-state index in [0.717, 1.165) is 0 Å². The van der Waals surface area contributed by atoms with E-state index in [-0.39, 0.29) is 11.9 Å². The van der Waals surface area contributed by atoms with Crippen LogP contribution in [0.4, 0.5) is 4.39 Å². The molecule has 1 aromatic carbocycles. The molecule has 1 aromatic rings. The quantitative estimate of drug-likeness (QED) is 0.900. The number of carbonyl (C=O) groups excluding carboxylic acids is 1. The largest absolute Gasteiger partial charge is 0.350 e. The number of rotatable bonds is 5. The number of hydrogen-bond donors (Lipinski definition) is 1. The highest BCUT2D eigenvalue weighted by molar-refractivity contribution is 9.10. The van der Waals surface area contributed by atoms with Gasteiger partial charge in [0, 0.05) is 17.1 Å². The average Bonchev–Trinajstić information content (AvgIpc) is 2.31.